The Morgan fingerprint density at radius 2 is 1.86 bits per heavy atom. The van der Waals surface area contributed by atoms with Crippen LogP contribution in [0.3, 0.4) is 0 Å². The van der Waals surface area contributed by atoms with Crippen molar-refractivity contribution in [2.75, 3.05) is 13.1 Å². The summed E-state index contributed by atoms with van der Waals surface area (Å²) in [7, 11) is 0. The smallest absolute Gasteiger partial charge is 0.0958 e. The van der Waals surface area contributed by atoms with Gasteiger partial charge in [0.05, 0.1) is 17.4 Å². The fourth-order valence-electron chi connectivity index (χ4n) is 3.90. The summed E-state index contributed by atoms with van der Waals surface area (Å²) in [5.74, 6) is 1.42. The quantitative estimate of drug-likeness (QED) is 0.871. The third-order valence-electron chi connectivity index (χ3n) is 4.70. The van der Waals surface area contributed by atoms with Gasteiger partial charge in [-0.1, -0.05) is 20.8 Å². The van der Waals surface area contributed by atoms with Crippen LogP contribution in [0.2, 0.25) is 0 Å². The summed E-state index contributed by atoms with van der Waals surface area (Å²) in [6.07, 6.45) is 3.34. The largest absolute Gasteiger partial charge is 0.330 e. The van der Waals surface area contributed by atoms with E-state index in [-0.39, 0.29) is 17.8 Å². The molecule has 2 atom stereocenters. The summed E-state index contributed by atoms with van der Waals surface area (Å²) in [5, 5.41) is 3.57. The van der Waals surface area contributed by atoms with Crippen molar-refractivity contribution in [1.29, 1.82) is 0 Å². The molecular weight excluding hydrogens is 282 g/mol. The third-order valence-corrected chi connectivity index (χ3v) is 4.70. The van der Waals surface area contributed by atoms with Gasteiger partial charge in [-0.25, -0.2) is 4.98 Å². The summed E-state index contributed by atoms with van der Waals surface area (Å²) >= 11 is 0. The fraction of sp³-hybridized carbons (Fsp3) is 0.588. The van der Waals surface area contributed by atoms with E-state index in [1.807, 2.05) is 6.33 Å². The molecule has 2 aliphatic rings. The van der Waals surface area contributed by atoms with Gasteiger partial charge in [0, 0.05) is 19.6 Å². The van der Waals surface area contributed by atoms with Crippen molar-refractivity contribution in [1.82, 2.24) is 14.9 Å². The molecule has 2 unspecified atom stereocenters. The van der Waals surface area contributed by atoms with Gasteiger partial charge in [-0.2, -0.15) is 0 Å². The molecule has 0 spiro atoms. The van der Waals surface area contributed by atoms with Gasteiger partial charge in [0.15, 0.2) is 0 Å². The molecule has 1 aromatic heterocycles. The van der Waals surface area contributed by atoms with Crippen LogP contribution >= 0.6 is 12.4 Å². The van der Waals surface area contributed by atoms with Gasteiger partial charge in [-0.3, -0.25) is 0 Å². The van der Waals surface area contributed by atoms with Crippen LogP contribution in [0.15, 0.2) is 18.5 Å². The summed E-state index contributed by atoms with van der Waals surface area (Å²) in [6, 6.07) is 4.77. The number of halogens is 1. The van der Waals surface area contributed by atoms with Gasteiger partial charge in [0.2, 0.25) is 0 Å². The zero-order valence-corrected chi connectivity index (χ0v) is 13.8. The fourth-order valence-corrected chi connectivity index (χ4v) is 3.90. The van der Waals surface area contributed by atoms with Gasteiger partial charge in [-0.15, -0.1) is 12.4 Å². The first-order chi connectivity index (χ1) is 9.51. The Morgan fingerprint density at radius 3 is 2.52 bits per heavy atom. The molecule has 2 heterocycles. The molecule has 2 aromatic rings. The summed E-state index contributed by atoms with van der Waals surface area (Å²) in [5.41, 5.74) is 5.88. The first-order valence-corrected chi connectivity index (χ1v) is 7.71. The van der Waals surface area contributed by atoms with E-state index in [0.717, 1.165) is 19.6 Å². The number of nitrogens with zero attached hydrogens (tertiary/aromatic N) is 2. The second-order valence-electron chi connectivity index (χ2n) is 7.69. The van der Waals surface area contributed by atoms with Gasteiger partial charge in [-0.05, 0) is 46.9 Å². The number of hydrogen-bond acceptors (Lipinski definition) is 2. The molecule has 114 valence electrons. The molecule has 0 saturated carbocycles. The van der Waals surface area contributed by atoms with Gasteiger partial charge < -0.3 is 9.88 Å². The predicted molar refractivity (Wildman–Crippen MR) is 89.4 cm³/mol. The minimum absolute atomic E-state index is 0. The van der Waals surface area contributed by atoms with E-state index in [0.29, 0.717) is 11.8 Å². The Labute approximate surface area is 132 Å². The molecule has 1 fully saturated rings. The van der Waals surface area contributed by atoms with Crippen molar-refractivity contribution in [3.8, 4) is 0 Å². The lowest BCUT2D eigenvalue weighted by molar-refractivity contribution is 0.348. The monoisotopic (exact) mass is 305 g/mol. The zero-order chi connectivity index (χ0) is 13.9. The van der Waals surface area contributed by atoms with Crippen molar-refractivity contribution >= 4 is 23.4 Å². The summed E-state index contributed by atoms with van der Waals surface area (Å²) in [6.45, 7) is 10.1. The number of aromatic nitrogens is 2. The third kappa shape index (κ3) is 2.47. The van der Waals surface area contributed by atoms with Crippen LogP contribution in [0.5, 0.6) is 0 Å². The molecule has 4 heteroatoms. The highest BCUT2D eigenvalue weighted by molar-refractivity contribution is 5.85. The Bertz CT molecular complexity index is 668. The van der Waals surface area contributed by atoms with Crippen LogP contribution in [0.25, 0.3) is 11.0 Å². The number of rotatable bonds is 1. The number of nitrogens with one attached hydrogen (secondary N) is 1. The van der Waals surface area contributed by atoms with Crippen LogP contribution in [-0.2, 0) is 6.54 Å². The minimum atomic E-state index is 0. The van der Waals surface area contributed by atoms with E-state index < -0.39 is 0 Å². The van der Waals surface area contributed by atoms with Crippen LogP contribution in [0.1, 0.15) is 50.2 Å². The highest BCUT2D eigenvalue weighted by Crippen LogP contribution is 2.44. The van der Waals surface area contributed by atoms with Crippen molar-refractivity contribution in [3.63, 3.8) is 0 Å². The molecular formula is C17H24ClN3. The van der Waals surface area contributed by atoms with Gasteiger partial charge in [0.1, 0.15) is 0 Å². The first kappa shape index (κ1) is 14.9. The Balaban J connectivity index is 0.00000132. The molecule has 2 bridgehead atoms. The summed E-state index contributed by atoms with van der Waals surface area (Å²) < 4.78 is 2.32. The lowest BCUT2D eigenvalue weighted by Crippen LogP contribution is -2.28. The van der Waals surface area contributed by atoms with E-state index in [1.54, 1.807) is 11.1 Å². The van der Waals surface area contributed by atoms with Crippen molar-refractivity contribution in [2.24, 2.45) is 5.41 Å². The predicted octanol–water partition coefficient (Wildman–Crippen LogP) is 3.68. The molecule has 1 aliphatic heterocycles. The molecule has 3 nitrogen and oxygen atoms in total. The number of benzene rings is 1. The van der Waals surface area contributed by atoms with E-state index in [4.69, 9.17) is 0 Å². The van der Waals surface area contributed by atoms with Crippen LogP contribution in [-0.4, -0.2) is 22.6 Å². The summed E-state index contributed by atoms with van der Waals surface area (Å²) in [4.78, 5) is 4.64. The first-order valence-electron chi connectivity index (χ1n) is 7.71. The lowest BCUT2D eigenvalue weighted by Gasteiger charge is -2.20. The topological polar surface area (TPSA) is 29.9 Å². The Hall–Kier alpha value is -1.06. The average Bonchev–Trinajstić information content (AvgIpc) is 2.87. The van der Waals surface area contributed by atoms with Crippen LogP contribution in [0, 0.1) is 5.41 Å². The van der Waals surface area contributed by atoms with Crippen molar-refractivity contribution < 1.29 is 0 Å². The van der Waals surface area contributed by atoms with Crippen molar-refractivity contribution in [2.45, 2.75) is 45.6 Å². The number of piperidine rings is 1. The van der Waals surface area contributed by atoms with Gasteiger partial charge in [0.25, 0.3) is 0 Å². The number of hydrogen-bond donors (Lipinski definition) is 1. The SMILES string of the molecule is CC(C)(C)Cn1cnc2cc3c(cc21)C1CNCC3C1.Cl. The number of imidazole rings is 1. The van der Waals surface area contributed by atoms with E-state index in [9.17, 15) is 0 Å². The van der Waals surface area contributed by atoms with E-state index in [1.165, 1.54) is 17.5 Å². The highest BCUT2D eigenvalue weighted by atomic mass is 35.5. The zero-order valence-electron chi connectivity index (χ0n) is 13.0. The number of fused-ring (bicyclic) bond motifs is 6. The van der Waals surface area contributed by atoms with Gasteiger partial charge >= 0.3 is 0 Å². The maximum Gasteiger partial charge on any atom is 0.0958 e. The lowest BCUT2D eigenvalue weighted by atomic mass is 9.96. The normalized spacial score (nSPS) is 24.0. The Kier molecular flexibility index (Phi) is 3.53. The molecule has 1 N–H and O–H groups in total. The molecule has 1 aliphatic carbocycles. The molecule has 1 saturated heterocycles. The maximum atomic E-state index is 4.64. The van der Waals surface area contributed by atoms with E-state index in [2.05, 4.69) is 47.8 Å². The van der Waals surface area contributed by atoms with Crippen LogP contribution < -0.4 is 5.32 Å². The average molecular weight is 306 g/mol. The second-order valence-corrected chi connectivity index (χ2v) is 7.69. The van der Waals surface area contributed by atoms with Crippen LogP contribution in [0.4, 0.5) is 0 Å². The highest BCUT2D eigenvalue weighted by Gasteiger charge is 2.34. The molecule has 0 radical (unpaired) electrons. The van der Waals surface area contributed by atoms with Crippen molar-refractivity contribution in [3.05, 3.63) is 29.6 Å². The Morgan fingerprint density at radius 1 is 1.19 bits per heavy atom. The minimum Gasteiger partial charge on any atom is -0.330 e. The maximum absolute atomic E-state index is 4.64. The standard InChI is InChI=1S/C17H23N3.ClH/c1-17(2,3)9-20-10-19-15-5-13-11-4-12(8-18-7-11)14(13)6-16(15)20;/h5-6,10-12,18H,4,7-9H2,1-3H3;1H. The van der Waals surface area contributed by atoms with E-state index >= 15 is 0 Å². The molecule has 4 rings (SSSR count). The molecule has 21 heavy (non-hydrogen) atoms. The molecule has 0 amide bonds. The molecule has 1 aromatic carbocycles. The second kappa shape index (κ2) is 4.99.